The summed E-state index contributed by atoms with van der Waals surface area (Å²) in [5.74, 6) is 2.13. The zero-order valence-electron chi connectivity index (χ0n) is 27.2. The van der Waals surface area contributed by atoms with Crippen molar-refractivity contribution in [1.82, 2.24) is 9.97 Å². The quantitative estimate of drug-likeness (QED) is 0.155. The van der Waals surface area contributed by atoms with Gasteiger partial charge in [-0.25, -0.2) is 0 Å². The van der Waals surface area contributed by atoms with Gasteiger partial charge in [0.2, 0.25) is 0 Å². The predicted molar refractivity (Wildman–Crippen MR) is 195 cm³/mol. The van der Waals surface area contributed by atoms with Crippen molar-refractivity contribution in [2.24, 2.45) is 11.8 Å². The van der Waals surface area contributed by atoms with Crippen molar-refractivity contribution in [2.75, 3.05) is 0 Å². The molecule has 0 amide bonds. The molecule has 0 fully saturated rings. The van der Waals surface area contributed by atoms with Crippen LogP contribution in [-0.2, 0) is 32.9 Å². The van der Waals surface area contributed by atoms with Gasteiger partial charge in [0.15, 0.2) is 0 Å². The van der Waals surface area contributed by atoms with Crippen molar-refractivity contribution in [1.29, 1.82) is 0 Å². The summed E-state index contributed by atoms with van der Waals surface area (Å²) in [6.45, 7) is 0. The Hall–Kier alpha value is -5.15. The van der Waals surface area contributed by atoms with Gasteiger partial charge in [-0.15, -0.1) is 53.6 Å². The second-order valence-electron chi connectivity index (χ2n) is 13.4. The summed E-state index contributed by atoms with van der Waals surface area (Å²) < 4.78 is 5.97. The third kappa shape index (κ3) is 4.89. The molecule has 50 heavy (non-hydrogen) atoms. The number of pyridine rings is 2. The van der Waals surface area contributed by atoms with Gasteiger partial charge < -0.3 is 14.4 Å². The second-order valence-corrected chi connectivity index (χ2v) is 13.4. The molecule has 5 aromatic carbocycles. The van der Waals surface area contributed by atoms with Crippen LogP contribution in [0.25, 0.3) is 44.5 Å². The molecule has 0 spiro atoms. The molecule has 0 saturated heterocycles. The first kappa shape index (κ1) is 30.9. The summed E-state index contributed by atoms with van der Waals surface area (Å²) >= 11 is 0. The topological polar surface area (TPSA) is 38.9 Å². The summed E-state index contributed by atoms with van der Waals surface area (Å²) in [5.41, 5.74) is 14.9. The summed E-state index contributed by atoms with van der Waals surface area (Å²) in [4.78, 5) is 9.20. The first-order valence-corrected chi connectivity index (χ1v) is 17.2. The molecule has 4 aliphatic carbocycles. The molecule has 243 valence electrons. The zero-order valence-corrected chi connectivity index (χ0v) is 29.6. The fourth-order valence-electron chi connectivity index (χ4n) is 9.04. The van der Waals surface area contributed by atoms with Gasteiger partial charge in [0, 0.05) is 49.7 Å². The van der Waals surface area contributed by atoms with Crippen molar-refractivity contribution in [3.05, 3.63) is 191 Å². The van der Waals surface area contributed by atoms with Crippen molar-refractivity contribution >= 4 is 21.9 Å². The Morgan fingerprint density at radius 2 is 1.14 bits per heavy atom. The standard InChI is InChI=1S/C29H22N.C17H10NO.Ir/c1-2-10-20-18(8-1)16-25-26(17-19-9-7-15-30-29(19)20)28-23-13-5-3-11-21(23)27(25)22-12-4-6-14-24(22)28;1-2-10-16-12(6-1)13-7-5-8-14(17(13)19-16)15-9-3-4-11-18-15;/h1-9,11-15,25-28H,16-17H2;1-7,9-11H;/q2*-1;. The number of para-hydroxylation sites is 1. The number of hydrogen-bond donors (Lipinski definition) is 0. The molecular formula is C46H32IrN2O-2. The van der Waals surface area contributed by atoms with Crippen LogP contribution >= 0.6 is 0 Å². The van der Waals surface area contributed by atoms with Crippen molar-refractivity contribution in [3.63, 3.8) is 0 Å². The van der Waals surface area contributed by atoms with E-state index in [9.17, 15) is 0 Å². The van der Waals surface area contributed by atoms with E-state index in [0.717, 1.165) is 51.7 Å². The molecule has 0 N–H and O–H groups in total. The molecule has 8 aromatic rings. The predicted octanol–water partition coefficient (Wildman–Crippen LogP) is 10.6. The summed E-state index contributed by atoms with van der Waals surface area (Å²) in [5, 5.41) is 2.23. The van der Waals surface area contributed by atoms with Crippen LogP contribution in [0.4, 0.5) is 0 Å². The van der Waals surface area contributed by atoms with Gasteiger partial charge in [0.25, 0.3) is 0 Å². The average molecular weight is 821 g/mol. The minimum Gasteiger partial charge on any atom is -0.501 e. The van der Waals surface area contributed by atoms with E-state index in [-0.39, 0.29) is 20.1 Å². The van der Waals surface area contributed by atoms with E-state index >= 15 is 0 Å². The maximum Gasteiger partial charge on any atom is 0.120 e. The normalized spacial score (nSPS) is 19.3. The van der Waals surface area contributed by atoms with Crippen molar-refractivity contribution in [2.45, 2.75) is 24.7 Å². The molecule has 2 atom stereocenters. The molecule has 0 aliphatic heterocycles. The number of furan rings is 1. The van der Waals surface area contributed by atoms with Gasteiger partial charge in [0.1, 0.15) is 5.58 Å². The smallest absolute Gasteiger partial charge is 0.120 e. The first-order chi connectivity index (χ1) is 24.3. The van der Waals surface area contributed by atoms with E-state index in [1.807, 2.05) is 60.8 Å². The Kier molecular flexibility index (Phi) is 7.80. The maximum atomic E-state index is 5.97. The van der Waals surface area contributed by atoms with Crippen molar-refractivity contribution in [3.8, 4) is 22.5 Å². The molecule has 2 unspecified atom stereocenters. The maximum absolute atomic E-state index is 5.97. The Morgan fingerprint density at radius 3 is 1.86 bits per heavy atom. The van der Waals surface area contributed by atoms with Crippen LogP contribution in [0.5, 0.6) is 0 Å². The Morgan fingerprint density at radius 1 is 0.520 bits per heavy atom. The molecule has 4 aliphatic rings. The van der Waals surface area contributed by atoms with Crippen LogP contribution < -0.4 is 0 Å². The molecule has 1 radical (unpaired) electrons. The fraction of sp³-hybridized carbons (Fsp3) is 0.130. The monoisotopic (exact) mass is 821 g/mol. The van der Waals surface area contributed by atoms with Gasteiger partial charge in [-0.05, 0) is 70.1 Å². The van der Waals surface area contributed by atoms with Crippen LogP contribution in [0.3, 0.4) is 0 Å². The number of fused-ring (bicyclic) bond motifs is 6. The molecule has 12 rings (SSSR count). The minimum atomic E-state index is 0. The number of benzene rings is 5. The molecular weight excluding hydrogens is 789 g/mol. The Bertz CT molecular complexity index is 2360. The molecule has 2 bridgehead atoms. The molecule has 4 heteroatoms. The molecule has 0 saturated carbocycles. The van der Waals surface area contributed by atoms with Crippen LogP contribution in [0.15, 0.2) is 150 Å². The number of aromatic nitrogens is 2. The first-order valence-electron chi connectivity index (χ1n) is 17.2. The number of nitrogens with zero attached hydrogens (tertiary/aromatic N) is 2. The third-order valence-electron chi connectivity index (χ3n) is 11.0. The van der Waals surface area contributed by atoms with E-state index in [1.54, 1.807) is 28.5 Å². The van der Waals surface area contributed by atoms with Gasteiger partial charge in [-0.2, -0.15) is 0 Å². The van der Waals surface area contributed by atoms with Gasteiger partial charge >= 0.3 is 0 Å². The van der Waals surface area contributed by atoms with E-state index in [4.69, 9.17) is 9.40 Å². The minimum absolute atomic E-state index is 0. The summed E-state index contributed by atoms with van der Waals surface area (Å²) in [7, 11) is 0. The zero-order chi connectivity index (χ0) is 32.3. The number of rotatable bonds is 1. The van der Waals surface area contributed by atoms with Crippen LogP contribution in [-0.4, -0.2) is 9.97 Å². The molecule has 3 nitrogen and oxygen atoms in total. The van der Waals surface area contributed by atoms with E-state index < -0.39 is 0 Å². The fourth-order valence-corrected chi connectivity index (χ4v) is 9.04. The van der Waals surface area contributed by atoms with Gasteiger partial charge in [-0.3, -0.25) is 0 Å². The van der Waals surface area contributed by atoms with Crippen LogP contribution in [0.1, 0.15) is 45.2 Å². The van der Waals surface area contributed by atoms with Crippen LogP contribution in [0.2, 0.25) is 0 Å². The Labute approximate surface area is 305 Å². The van der Waals surface area contributed by atoms with E-state index in [1.165, 1.54) is 16.7 Å². The third-order valence-corrected chi connectivity index (χ3v) is 11.0. The average Bonchev–Trinajstić information content (AvgIpc) is 3.55. The van der Waals surface area contributed by atoms with Gasteiger partial charge in [-0.1, -0.05) is 108 Å². The van der Waals surface area contributed by atoms with Gasteiger partial charge in [0.05, 0.1) is 5.58 Å². The molecule has 3 heterocycles. The second kappa shape index (κ2) is 12.6. The summed E-state index contributed by atoms with van der Waals surface area (Å²) in [6.07, 6.45) is 5.89. The van der Waals surface area contributed by atoms with Crippen molar-refractivity contribution < 1.29 is 24.5 Å². The molecule has 3 aromatic heterocycles. The van der Waals surface area contributed by atoms with E-state index in [0.29, 0.717) is 23.7 Å². The Balaban J connectivity index is 0.000000146. The van der Waals surface area contributed by atoms with Crippen LogP contribution in [0, 0.1) is 24.0 Å². The van der Waals surface area contributed by atoms with E-state index in [2.05, 4.69) is 96.0 Å². The number of hydrogen-bond acceptors (Lipinski definition) is 3. The largest absolute Gasteiger partial charge is 0.501 e. The SMILES string of the molecule is [Ir].[c-]1ccc2c(oc3ccccc32)c1-c1ccccn1.[c-]1cccc2c1-c1ncccc1CC1C3c4ccccc4C(c4ccccc43)C1C2. The summed E-state index contributed by atoms with van der Waals surface area (Å²) in [6, 6.07) is 53.9.